The molecule has 94 valence electrons. The summed E-state index contributed by atoms with van der Waals surface area (Å²) < 4.78 is 5.80. The lowest BCUT2D eigenvalue weighted by Gasteiger charge is -2.12. The van der Waals surface area contributed by atoms with Crippen LogP contribution in [-0.4, -0.2) is 25.3 Å². The van der Waals surface area contributed by atoms with Crippen molar-refractivity contribution in [1.82, 2.24) is 5.32 Å². The Labute approximate surface area is 100 Å². The molecular weight excluding hydrogens is 198 g/mol. The van der Waals surface area contributed by atoms with Crippen LogP contribution in [0.5, 0.6) is 0 Å². The molecule has 0 spiro atoms. The van der Waals surface area contributed by atoms with Gasteiger partial charge >= 0.3 is 0 Å². The highest BCUT2D eigenvalue weighted by Crippen LogP contribution is 2.67. The predicted molar refractivity (Wildman–Crippen MR) is 67.5 cm³/mol. The molecule has 0 amide bonds. The second-order valence-corrected chi connectivity index (χ2v) is 6.80. The van der Waals surface area contributed by atoms with Crippen molar-refractivity contribution in [3.8, 4) is 0 Å². The van der Waals surface area contributed by atoms with E-state index in [-0.39, 0.29) is 0 Å². The Morgan fingerprint density at radius 1 is 1.06 bits per heavy atom. The maximum atomic E-state index is 5.80. The zero-order chi connectivity index (χ0) is 12.0. The smallest absolute Gasteiger partial charge is 0.0704 e. The summed E-state index contributed by atoms with van der Waals surface area (Å²) in [5.74, 6) is 0.818. The first-order valence-corrected chi connectivity index (χ1v) is 6.72. The Kier molecular flexibility index (Phi) is 3.09. The van der Waals surface area contributed by atoms with Crippen LogP contribution in [0.25, 0.3) is 0 Å². The fraction of sp³-hybridized carbons (Fsp3) is 1.00. The van der Waals surface area contributed by atoms with E-state index in [1.54, 1.807) is 0 Å². The molecule has 1 saturated carbocycles. The van der Waals surface area contributed by atoms with Gasteiger partial charge in [-0.05, 0) is 43.1 Å². The van der Waals surface area contributed by atoms with Crippen molar-refractivity contribution in [1.29, 1.82) is 0 Å². The van der Waals surface area contributed by atoms with Crippen molar-refractivity contribution in [3.05, 3.63) is 0 Å². The molecule has 1 aliphatic carbocycles. The van der Waals surface area contributed by atoms with Crippen LogP contribution in [0.15, 0.2) is 0 Å². The summed E-state index contributed by atoms with van der Waals surface area (Å²) in [5, 5.41) is 3.60. The molecule has 1 aliphatic heterocycles. The van der Waals surface area contributed by atoms with Crippen LogP contribution in [-0.2, 0) is 4.74 Å². The molecule has 0 aromatic carbocycles. The Morgan fingerprint density at radius 3 is 2.12 bits per heavy atom. The van der Waals surface area contributed by atoms with Gasteiger partial charge in [0, 0.05) is 6.54 Å². The molecule has 0 radical (unpaired) electrons. The SMILES string of the molecule is CC1CCC(CNCC2C(C)(C)C2(C)C)O1. The zero-order valence-electron chi connectivity index (χ0n) is 11.5. The van der Waals surface area contributed by atoms with E-state index in [4.69, 9.17) is 4.74 Å². The van der Waals surface area contributed by atoms with E-state index in [0.717, 1.165) is 19.0 Å². The summed E-state index contributed by atoms with van der Waals surface area (Å²) in [4.78, 5) is 0. The summed E-state index contributed by atoms with van der Waals surface area (Å²) in [5.41, 5.74) is 1.01. The highest BCUT2D eigenvalue weighted by molar-refractivity contribution is 5.12. The van der Waals surface area contributed by atoms with Crippen LogP contribution < -0.4 is 5.32 Å². The maximum Gasteiger partial charge on any atom is 0.0704 e. The molecule has 0 bridgehead atoms. The number of hydrogen-bond donors (Lipinski definition) is 1. The van der Waals surface area contributed by atoms with E-state index in [0.29, 0.717) is 23.0 Å². The summed E-state index contributed by atoms with van der Waals surface area (Å²) in [6.07, 6.45) is 3.39. The van der Waals surface area contributed by atoms with Gasteiger partial charge < -0.3 is 10.1 Å². The van der Waals surface area contributed by atoms with E-state index < -0.39 is 0 Å². The lowest BCUT2D eigenvalue weighted by atomic mass is 10.0. The zero-order valence-corrected chi connectivity index (χ0v) is 11.5. The minimum atomic E-state index is 0.458. The summed E-state index contributed by atoms with van der Waals surface area (Å²) >= 11 is 0. The fourth-order valence-corrected chi connectivity index (χ4v) is 3.27. The van der Waals surface area contributed by atoms with Gasteiger partial charge in [0.2, 0.25) is 0 Å². The lowest BCUT2D eigenvalue weighted by molar-refractivity contribution is 0.0558. The lowest BCUT2D eigenvalue weighted by Crippen LogP contribution is -2.29. The number of ether oxygens (including phenoxy) is 1. The minimum Gasteiger partial charge on any atom is -0.374 e. The normalized spacial score (nSPS) is 36.6. The molecule has 1 heterocycles. The third-order valence-electron chi connectivity index (χ3n) is 5.36. The minimum absolute atomic E-state index is 0.458. The topological polar surface area (TPSA) is 21.3 Å². The molecule has 0 aromatic rings. The summed E-state index contributed by atoms with van der Waals surface area (Å²) in [6.45, 7) is 13.9. The second-order valence-electron chi connectivity index (χ2n) is 6.80. The predicted octanol–water partition coefficient (Wildman–Crippen LogP) is 2.83. The van der Waals surface area contributed by atoms with Crippen LogP contribution in [0.3, 0.4) is 0 Å². The van der Waals surface area contributed by atoms with Gasteiger partial charge in [-0.25, -0.2) is 0 Å². The van der Waals surface area contributed by atoms with Crippen molar-refractivity contribution in [3.63, 3.8) is 0 Å². The second kappa shape index (κ2) is 3.99. The Balaban J connectivity index is 1.67. The van der Waals surface area contributed by atoms with Crippen molar-refractivity contribution < 1.29 is 4.74 Å². The van der Waals surface area contributed by atoms with Crippen molar-refractivity contribution in [2.75, 3.05) is 13.1 Å². The number of rotatable bonds is 4. The average molecular weight is 225 g/mol. The van der Waals surface area contributed by atoms with Gasteiger partial charge in [0.1, 0.15) is 0 Å². The first kappa shape index (κ1) is 12.4. The molecule has 1 N–H and O–H groups in total. The molecule has 2 fully saturated rings. The molecular formula is C14H27NO. The Morgan fingerprint density at radius 2 is 1.69 bits per heavy atom. The third kappa shape index (κ3) is 2.02. The standard InChI is InChI=1S/C14H27NO/c1-10-6-7-11(16-10)8-15-9-12-13(2,3)14(12,4)5/h10-12,15H,6-9H2,1-5H3. The molecule has 2 heteroatoms. The Hall–Kier alpha value is -0.0800. The van der Waals surface area contributed by atoms with Crippen LogP contribution in [0.1, 0.15) is 47.5 Å². The molecule has 2 rings (SSSR count). The molecule has 2 atom stereocenters. The fourth-order valence-electron chi connectivity index (χ4n) is 3.27. The van der Waals surface area contributed by atoms with Gasteiger partial charge in [0.25, 0.3) is 0 Å². The van der Waals surface area contributed by atoms with Crippen LogP contribution in [0.4, 0.5) is 0 Å². The van der Waals surface area contributed by atoms with E-state index in [9.17, 15) is 0 Å². The van der Waals surface area contributed by atoms with Crippen LogP contribution in [0, 0.1) is 16.7 Å². The van der Waals surface area contributed by atoms with Crippen molar-refractivity contribution >= 4 is 0 Å². The van der Waals surface area contributed by atoms with Crippen molar-refractivity contribution in [2.45, 2.75) is 59.7 Å². The molecule has 2 unspecified atom stereocenters. The first-order valence-electron chi connectivity index (χ1n) is 6.72. The molecule has 2 aliphatic rings. The quantitative estimate of drug-likeness (QED) is 0.794. The Bertz CT molecular complexity index is 245. The van der Waals surface area contributed by atoms with E-state index in [1.165, 1.54) is 12.8 Å². The molecule has 2 nitrogen and oxygen atoms in total. The van der Waals surface area contributed by atoms with Gasteiger partial charge in [0.05, 0.1) is 12.2 Å². The van der Waals surface area contributed by atoms with E-state index >= 15 is 0 Å². The van der Waals surface area contributed by atoms with E-state index in [1.807, 2.05) is 0 Å². The van der Waals surface area contributed by atoms with Crippen molar-refractivity contribution in [2.24, 2.45) is 16.7 Å². The van der Waals surface area contributed by atoms with Crippen LogP contribution >= 0.6 is 0 Å². The highest BCUT2D eigenvalue weighted by Gasteiger charge is 2.63. The maximum absolute atomic E-state index is 5.80. The first-order chi connectivity index (χ1) is 7.35. The van der Waals surface area contributed by atoms with Gasteiger partial charge in [-0.15, -0.1) is 0 Å². The number of nitrogens with one attached hydrogen (secondary N) is 1. The summed E-state index contributed by atoms with van der Waals surface area (Å²) in [6, 6.07) is 0. The average Bonchev–Trinajstić information content (AvgIpc) is 2.53. The van der Waals surface area contributed by atoms with Gasteiger partial charge in [-0.3, -0.25) is 0 Å². The monoisotopic (exact) mass is 225 g/mol. The van der Waals surface area contributed by atoms with Gasteiger partial charge in [-0.2, -0.15) is 0 Å². The third-order valence-corrected chi connectivity index (χ3v) is 5.36. The highest BCUT2D eigenvalue weighted by atomic mass is 16.5. The van der Waals surface area contributed by atoms with E-state index in [2.05, 4.69) is 39.9 Å². The summed E-state index contributed by atoms with van der Waals surface area (Å²) in [7, 11) is 0. The van der Waals surface area contributed by atoms with Crippen LogP contribution in [0.2, 0.25) is 0 Å². The number of hydrogen-bond acceptors (Lipinski definition) is 2. The largest absolute Gasteiger partial charge is 0.374 e. The molecule has 0 aromatic heterocycles. The van der Waals surface area contributed by atoms with Gasteiger partial charge in [0.15, 0.2) is 0 Å². The molecule has 16 heavy (non-hydrogen) atoms. The molecule has 1 saturated heterocycles. The van der Waals surface area contributed by atoms with Gasteiger partial charge in [-0.1, -0.05) is 27.7 Å².